The van der Waals surface area contributed by atoms with E-state index in [1.807, 2.05) is 6.07 Å². The van der Waals surface area contributed by atoms with Crippen molar-refractivity contribution in [2.24, 2.45) is 5.41 Å². The lowest BCUT2D eigenvalue weighted by Crippen LogP contribution is -2.37. The highest BCUT2D eigenvalue weighted by molar-refractivity contribution is 5.74. The van der Waals surface area contributed by atoms with Crippen molar-refractivity contribution in [2.75, 3.05) is 13.1 Å². The van der Waals surface area contributed by atoms with E-state index in [1.54, 1.807) is 19.1 Å². The zero-order chi connectivity index (χ0) is 14.0. The molecule has 0 spiro atoms. The van der Waals surface area contributed by atoms with Crippen LogP contribution in [-0.4, -0.2) is 35.1 Å². The van der Waals surface area contributed by atoms with Crippen LogP contribution in [0, 0.1) is 11.2 Å². The second-order valence-electron chi connectivity index (χ2n) is 5.77. The second-order valence-corrected chi connectivity index (χ2v) is 5.77. The van der Waals surface area contributed by atoms with E-state index in [0.717, 1.165) is 18.5 Å². The quantitative estimate of drug-likeness (QED) is 0.909. The van der Waals surface area contributed by atoms with Crippen LogP contribution < -0.4 is 0 Å². The maximum atomic E-state index is 13.1. The Labute approximate surface area is 113 Å². The molecule has 2 atom stereocenters. The average Bonchev–Trinajstić information content (AvgIpc) is 2.73. The van der Waals surface area contributed by atoms with E-state index in [2.05, 4.69) is 11.8 Å². The predicted molar refractivity (Wildman–Crippen MR) is 71.5 cm³/mol. The van der Waals surface area contributed by atoms with Crippen molar-refractivity contribution < 1.29 is 14.3 Å². The van der Waals surface area contributed by atoms with Gasteiger partial charge in [0.05, 0.1) is 5.41 Å². The number of rotatable bonds is 4. The third-order valence-electron chi connectivity index (χ3n) is 4.06. The maximum absolute atomic E-state index is 13.1. The molecule has 1 aromatic rings. The van der Waals surface area contributed by atoms with E-state index >= 15 is 0 Å². The van der Waals surface area contributed by atoms with E-state index in [0.29, 0.717) is 13.0 Å². The van der Waals surface area contributed by atoms with Gasteiger partial charge in [-0.05, 0) is 50.9 Å². The third kappa shape index (κ3) is 3.13. The summed E-state index contributed by atoms with van der Waals surface area (Å²) in [5.74, 6) is -0.950. The lowest BCUT2D eigenvalue weighted by molar-refractivity contribution is -0.147. The van der Waals surface area contributed by atoms with Crippen molar-refractivity contribution in [2.45, 2.75) is 32.7 Å². The van der Waals surface area contributed by atoms with Gasteiger partial charge >= 0.3 is 5.97 Å². The van der Waals surface area contributed by atoms with Crippen LogP contribution in [0.4, 0.5) is 4.39 Å². The highest BCUT2D eigenvalue weighted by Gasteiger charge is 2.41. The summed E-state index contributed by atoms with van der Waals surface area (Å²) in [6.07, 6.45) is 1.42. The number of carbonyl (C=O) groups is 1. The Kier molecular flexibility index (Phi) is 3.90. The van der Waals surface area contributed by atoms with Crippen molar-refractivity contribution in [3.05, 3.63) is 35.6 Å². The minimum atomic E-state index is -0.729. The summed E-state index contributed by atoms with van der Waals surface area (Å²) in [5, 5.41) is 9.22. The highest BCUT2D eigenvalue weighted by atomic mass is 19.1. The van der Waals surface area contributed by atoms with Crippen LogP contribution in [0.1, 0.15) is 25.8 Å². The Hall–Kier alpha value is -1.42. The van der Waals surface area contributed by atoms with Crippen LogP contribution in [0.25, 0.3) is 0 Å². The van der Waals surface area contributed by atoms with Crippen LogP contribution in [0.15, 0.2) is 24.3 Å². The van der Waals surface area contributed by atoms with Gasteiger partial charge in [0.2, 0.25) is 0 Å². The lowest BCUT2D eigenvalue weighted by Gasteiger charge is -2.26. The molecule has 1 aliphatic rings. The molecule has 1 fully saturated rings. The van der Waals surface area contributed by atoms with Crippen molar-refractivity contribution in [3.63, 3.8) is 0 Å². The summed E-state index contributed by atoms with van der Waals surface area (Å²) in [5.41, 5.74) is 0.312. The van der Waals surface area contributed by atoms with Crippen molar-refractivity contribution in [1.82, 2.24) is 4.90 Å². The molecule has 0 saturated carbocycles. The van der Waals surface area contributed by atoms with Crippen LogP contribution in [0.2, 0.25) is 0 Å². The number of hydrogen-bond acceptors (Lipinski definition) is 2. The third-order valence-corrected chi connectivity index (χ3v) is 4.06. The van der Waals surface area contributed by atoms with Gasteiger partial charge in [0.25, 0.3) is 0 Å². The van der Waals surface area contributed by atoms with Gasteiger partial charge in [-0.15, -0.1) is 0 Å². The standard InChI is InChI=1S/C15H20FNO2/c1-11(8-12-4-3-5-13(16)9-12)17-7-6-15(2,10-17)14(18)19/h3-5,9,11H,6-8,10H2,1-2H3,(H,18,19). The molecule has 19 heavy (non-hydrogen) atoms. The van der Waals surface area contributed by atoms with Gasteiger partial charge in [-0.1, -0.05) is 12.1 Å². The summed E-state index contributed by atoms with van der Waals surface area (Å²) in [4.78, 5) is 13.4. The molecule has 2 rings (SSSR count). The summed E-state index contributed by atoms with van der Waals surface area (Å²) < 4.78 is 13.1. The number of halogens is 1. The first-order valence-corrected chi connectivity index (χ1v) is 6.62. The van der Waals surface area contributed by atoms with Gasteiger partial charge < -0.3 is 5.11 Å². The summed E-state index contributed by atoms with van der Waals surface area (Å²) in [6, 6.07) is 6.83. The lowest BCUT2D eigenvalue weighted by atomic mass is 9.90. The van der Waals surface area contributed by atoms with Gasteiger partial charge in [0, 0.05) is 12.6 Å². The number of hydrogen-bond donors (Lipinski definition) is 1. The molecule has 0 amide bonds. The molecule has 4 heteroatoms. The van der Waals surface area contributed by atoms with Gasteiger partial charge in [-0.3, -0.25) is 9.69 Å². The molecule has 0 bridgehead atoms. The van der Waals surface area contributed by atoms with E-state index < -0.39 is 11.4 Å². The molecule has 2 unspecified atom stereocenters. The van der Waals surface area contributed by atoms with E-state index in [1.165, 1.54) is 6.07 Å². The zero-order valence-electron chi connectivity index (χ0n) is 11.4. The zero-order valence-corrected chi connectivity index (χ0v) is 11.4. The molecule has 1 heterocycles. The first kappa shape index (κ1) is 14.0. The maximum Gasteiger partial charge on any atom is 0.310 e. The fraction of sp³-hybridized carbons (Fsp3) is 0.533. The SMILES string of the molecule is CC(Cc1cccc(F)c1)N1CCC(C)(C(=O)O)C1. The minimum absolute atomic E-state index is 0.221. The van der Waals surface area contributed by atoms with Crippen LogP contribution in [0.3, 0.4) is 0 Å². The Bertz CT molecular complexity index is 477. The number of carboxylic acid groups (broad SMARTS) is 1. The van der Waals surface area contributed by atoms with Gasteiger partial charge in [-0.25, -0.2) is 4.39 Å². The molecule has 0 aliphatic carbocycles. The fourth-order valence-corrected chi connectivity index (χ4v) is 2.68. The molecule has 3 nitrogen and oxygen atoms in total. The van der Waals surface area contributed by atoms with Crippen molar-refractivity contribution in [3.8, 4) is 0 Å². The molecule has 1 saturated heterocycles. The molecule has 104 valence electrons. The Morgan fingerprint density at radius 3 is 2.89 bits per heavy atom. The molecular formula is C15H20FNO2. The Balaban J connectivity index is 1.98. The smallest absolute Gasteiger partial charge is 0.310 e. The van der Waals surface area contributed by atoms with Crippen LogP contribution in [-0.2, 0) is 11.2 Å². The monoisotopic (exact) mass is 265 g/mol. The van der Waals surface area contributed by atoms with Gasteiger partial charge in [0.1, 0.15) is 5.82 Å². The molecule has 0 aromatic heterocycles. The average molecular weight is 265 g/mol. The van der Waals surface area contributed by atoms with E-state index in [4.69, 9.17) is 0 Å². The van der Waals surface area contributed by atoms with Crippen molar-refractivity contribution >= 4 is 5.97 Å². The van der Waals surface area contributed by atoms with E-state index in [9.17, 15) is 14.3 Å². The predicted octanol–water partition coefficient (Wildman–Crippen LogP) is 2.55. The van der Waals surface area contributed by atoms with Gasteiger partial charge in [-0.2, -0.15) is 0 Å². The summed E-state index contributed by atoms with van der Waals surface area (Å²) >= 11 is 0. The van der Waals surface area contributed by atoms with Gasteiger partial charge in [0.15, 0.2) is 0 Å². The first-order valence-electron chi connectivity index (χ1n) is 6.62. The number of likely N-dealkylation sites (tertiary alicyclic amines) is 1. The second kappa shape index (κ2) is 5.29. The topological polar surface area (TPSA) is 40.5 Å². The minimum Gasteiger partial charge on any atom is -0.481 e. The Morgan fingerprint density at radius 2 is 2.32 bits per heavy atom. The first-order chi connectivity index (χ1) is 8.90. The number of carboxylic acids is 1. The fourth-order valence-electron chi connectivity index (χ4n) is 2.68. The highest BCUT2D eigenvalue weighted by Crippen LogP contribution is 2.31. The normalized spacial score (nSPS) is 25.4. The molecule has 1 aliphatic heterocycles. The number of benzene rings is 1. The number of nitrogens with zero attached hydrogens (tertiary/aromatic N) is 1. The van der Waals surface area contributed by atoms with Crippen LogP contribution in [0.5, 0.6) is 0 Å². The van der Waals surface area contributed by atoms with E-state index in [-0.39, 0.29) is 11.9 Å². The largest absolute Gasteiger partial charge is 0.481 e. The molecule has 1 N–H and O–H groups in total. The Morgan fingerprint density at radius 1 is 1.58 bits per heavy atom. The summed E-state index contributed by atoms with van der Waals surface area (Å²) in [6.45, 7) is 5.22. The number of aliphatic carboxylic acids is 1. The molecule has 1 aromatic carbocycles. The van der Waals surface area contributed by atoms with Crippen LogP contribution >= 0.6 is 0 Å². The summed E-state index contributed by atoms with van der Waals surface area (Å²) in [7, 11) is 0. The molecular weight excluding hydrogens is 245 g/mol. The van der Waals surface area contributed by atoms with Crippen molar-refractivity contribution in [1.29, 1.82) is 0 Å². The molecule has 0 radical (unpaired) electrons.